The highest BCUT2D eigenvalue weighted by Gasteiger charge is 2.17. The fourth-order valence-electron chi connectivity index (χ4n) is 1.70. The van der Waals surface area contributed by atoms with E-state index in [4.69, 9.17) is 16.1 Å². The van der Waals surface area contributed by atoms with Gasteiger partial charge >= 0.3 is 0 Å². The molecule has 0 unspecified atom stereocenters. The molecule has 2 heterocycles. The predicted octanol–water partition coefficient (Wildman–Crippen LogP) is 3.86. The monoisotopic (exact) mass is 340 g/mol. The second-order valence-corrected chi connectivity index (χ2v) is 7.05. The Hall–Kier alpha value is -1.83. The van der Waals surface area contributed by atoms with Crippen LogP contribution in [-0.4, -0.2) is 13.6 Å². The molecule has 3 aromatic rings. The summed E-state index contributed by atoms with van der Waals surface area (Å²) < 4.78 is 31.7. The smallest absolute Gasteiger partial charge is 0.264 e. The second-order valence-electron chi connectivity index (χ2n) is 4.15. The number of benzene rings is 1. The molecule has 0 aliphatic carbocycles. The predicted molar refractivity (Wildman–Crippen MR) is 82.1 cm³/mol. The van der Waals surface area contributed by atoms with Gasteiger partial charge in [-0.05, 0) is 29.6 Å². The van der Waals surface area contributed by atoms with E-state index in [0.717, 1.165) is 5.56 Å². The topological polar surface area (TPSA) is 72.2 Å². The van der Waals surface area contributed by atoms with E-state index in [-0.39, 0.29) is 10.8 Å². The molecule has 5 nitrogen and oxygen atoms in total. The van der Waals surface area contributed by atoms with E-state index in [1.165, 1.54) is 29.5 Å². The van der Waals surface area contributed by atoms with Crippen molar-refractivity contribution in [1.82, 2.24) is 5.16 Å². The van der Waals surface area contributed by atoms with Crippen molar-refractivity contribution in [1.29, 1.82) is 0 Å². The number of nitrogens with zero attached hydrogens (tertiary/aromatic N) is 1. The molecule has 1 aromatic carbocycles. The Bertz CT molecular complexity index is 857. The van der Waals surface area contributed by atoms with Crippen molar-refractivity contribution in [3.05, 3.63) is 52.2 Å². The molecule has 0 saturated heterocycles. The Kier molecular flexibility index (Phi) is 3.71. The summed E-state index contributed by atoms with van der Waals surface area (Å²) in [4.78, 5) is 0.0588. The number of nitrogens with one attached hydrogen (secondary N) is 1. The zero-order chi connectivity index (χ0) is 14.9. The van der Waals surface area contributed by atoms with Crippen LogP contribution in [0.25, 0.3) is 11.3 Å². The number of aromatic nitrogens is 1. The first-order valence-electron chi connectivity index (χ1n) is 5.82. The zero-order valence-corrected chi connectivity index (χ0v) is 12.9. The standard InChI is InChI=1S/C13H9ClN2O3S2/c14-10-2-1-3-11(6-10)21(17,18)16-13-7-12(15-19-13)9-4-5-20-8-9/h1-8,16H. The van der Waals surface area contributed by atoms with Gasteiger partial charge in [-0.2, -0.15) is 11.3 Å². The number of anilines is 1. The van der Waals surface area contributed by atoms with Gasteiger partial charge in [0.05, 0.1) is 4.90 Å². The van der Waals surface area contributed by atoms with Crippen molar-refractivity contribution in [3.63, 3.8) is 0 Å². The van der Waals surface area contributed by atoms with E-state index in [1.807, 2.05) is 16.8 Å². The quantitative estimate of drug-likeness (QED) is 0.782. The minimum absolute atomic E-state index is 0.0520. The molecule has 2 aromatic heterocycles. The molecule has 0 aliphatic heterocycles. The van der Waals surface area contributed by atoms with Gasteiger partial charge in [0.2, 0.25) is 5.88 Å². The zero-order valence-electron chi connectivity index (χ0n) is 10.5. The first kappa shape index (κ1) is 14.1. The number of sulfonamides is 1. The summed E-state index contributed by atoms with van der Waals surface area (Å²) in [5.41, 5.74) is 1.44. The maximum atomic E-state index is 12.2. The van der Waals surface area contributed by atoms with Crippen LogP contribution in [0.4, 0.5) is 5.88 Å². The van der Waals surface area contributed by atoms with Gasteiger partial charge in [0, 0.05) is 22.0 Å². The van der Waals surface area contributed by atoms with Gasteiger partial charge in [-0.25, -0.2) is 13.1 Å². The molecule has 0 radical (unpaired) electrons. The average molecular weight is 341 g/mol. The summed E-state index contributed by atoms with van der Waals surface area (Å²) in [5, 5.41) is 7.97. The molecule has 0 bridgehead atoms. The third-order valence-corrected chi connectivity index (χ3v) is 4.93. The van der Waals surface area contributed by atoms with E-state index in [0.29, 0.717) is 10.7 Å². The van der Waals surface area contributed by atoms with Crippen LogP contribution in [0.1, 0.15) is 0 Å². The highest BCUT2D eigenvalue weighted by atomic mass is 35.5. The molecule has 3 rings (SSSR count). The van der Waals surface area contributed by atoms with Gasteiger partial charge in [-0.3, -0.25) is 0 Å². The lowest BCUT2D eigenvalue weighted by atomic mass is 10.2. The molecule has 108 valence electrons. The van der Waals surface area contributed by atoms with Crippen molar-refractivity contribution in [2.24, 2.45) is 0 Å². The average Bonchev–Trinajstić information content (AvgIpc) is 3.08. The molecule has 0 spiro atoms. The molecular weight excluding hydrogens is 332 g/mol. The highest BCUT2D eigenvalue weighted by molar-refractivity contribution is 7.92. The molecule has 0 amide bonds. The van der Waals surface area contributed by atoms with Crippen molar-refractivity contribution in [2.45, 2.75) is 4.90 Å². The Morgan fingerprint density at radius 2 is 2.10 bits per heavy atom. The van der Waals surface area contributed by atoms with Crippen LogP contribution in [0, 0.1) is 0 Å². The maximum Gasteiger partial charge on any atom is 0.264 e. The molecule has 1 N–H and O–H groups in total. The summed E-state index contributed by atoms with van der Waals surface area (Å²) in [6.07, 6.45) is 0. The van der Waals surface area contributed by atoms with E-state index in [2.05, 4.69) is 9.88 Å². The molecule has 0 atom stereocenters. The van der Waals surface area contributed by atoms with Crippen LogP contribution in [0.2, 0.25) is 5.02 Å². The van der Waals surface area contributed by atoms with Gasteiger partial charge in [-0.1, -0.05) is 22.8 Å². The highest BCUT2D eigenvalue weighted by Crippen LogP contribution is 2.25. The molecule has 0 aliphatic rings. The minimum atomic E-state index is -3.76. The fourth-order valence-corrected chi connectivity index (χ4v) is 3.62. The number of hydrogen-bond acceptors (Lipinski definition) is 5. The molecule has 0 fully saturated rings. The summed E-state index contributed by atoms with van der Waals surface area (Å²) in [5.74, 6) is 0.0520. The second kappa shape index (κ2) is 5.51. The Morgan fingerprint density at radius 3 is 2.81 bits per heavy atom. The number of hydrogen-bond donors (Lipinski definition) is 1. The van der Waals surface area contributed by atoms with Gasteiger partial charge in [0.15, 0.2) is 0 Å². The lowest BCUT2D eigenvalue weighted by molar-refractivity contribution is 0.438. The van der Waals surface area contributed by atoms with Gasteiger partial charge in [-0.15, -0.1) is 0 Å². The summed E-state index contributed by atoms with van der Waals surface area (Å²) in [6.45, 7) is 0. The third kappa shape index (κ3) is 3.10. The van der Waals surface area contributed by atoms with Crippen LogP contribution in [0.15, 0.2) is 56.6 Å². The van der Waals surface area contributed by atoms with Crippen LogP contribution in [-0.2, 0) is 10.0 Å². The Balaban J connectivity index is 1.86. The number of rotatable bonds is 4. The molecule has 21 heavy (non-hydrogen) atoms. The number of thiophene rings is 1. The van der Waals surface area contributed by atoms with Crippen LogP contribution in [0.5, 0.6) is 0 Å². The van der Waals surface area contributed by atoms with Crippen molar-refractivity contribution < 1.29 is 12.9 Å². The summed E-state index contributed by atoms with van der Waals surface area (Å²) >= 11 is 7.32. The van der Waals surface area contributed by atoms with Crippen LogP contribution in [0.3, 0.4) is 0 Å². The lowest BCUT2D eigenvalue weighted by Gasteiger charge is -2.04. The van der Waals surface area contributed by atoms with Crippen molar-refractivity contribution in [2.75, 3.05) is 4.72 Å². The normalized spacial score (nSPS) is 11.5. The van der Waals surface area contributed by atoms with E-state index in [9.17, 15) is 8.42 Å². The van der Waals surface area contributed by atoms with E-state index < -0.39 is 10.0 Å². The van der Waals surface area contributed by atoms with Gasteiger partial charge in [0.25, 0.3) is 10.0 Å². The van der Waals surface area contributed by atoms with Crippen molar-refractivity contribution >= 4 is 38.8 Å². The van der Waals surface area contributed by atoms with E-state index >= 15 is 0 Å². The SMILES string of the molecule is O=S(=O)(Nc1cc(-c2ccsc2)no1)c1cccc(Cl)c1. The minimum Gasteiger partial charge on any atom is -0.337 e. The largest absolute Gasteiger partial charge is 0.337 e. The van der Waals surface area contributed by atoms with Crippen molar-refractivity contribution in [3.8, 4) is 11.3 Å². The van der Waals surface area contributed by atoms with Gasteiger partial charge in [0.1, 0.15) is 5.69 Å². The summed E-state index contributed by atoms with van der Waals surface area (Å²) in [7, 11) is -3.76. The lowest BCUT2D eigenvalue weighted by Crippen LogP contribution is -2.12. The maximum absolute atomic E-state index is 12.2. The van der Waals surface area contributed by atoms with Gasteiger partial charge < -0.3 is 4.52 Å². The molecule has 0 saturated carbocycles. The Morgan fingerprint density at radius 1 is 1.24 bits per heavy atom. The fraction of sp³-hybridized carbons (Fsp3) is 0. The van der Waals surface area contributed by atoms with Crippen LogP contribution < -0.4 is 4.72 Å². The first-order valence-corrected chi connectivity index (χ1v) is 8.63. The molecule has 8 heteroatoms. The van der Waals surface area contributed by atoms with E-state index in [1.54, 1.807) is 12.1 Å². The number of halogens is 1. The third-order valence-electron chi connectivity index (χ3n) is 2.67. The van der Waals surface area contributed by atoms with Crippen LogP contribution >= 0.6 is 22.9 Å². The first-order chi connectivity index (χ1) is 10.0. The molecular formula is C13H9ClN2O3S2. The summed E-state index contributed by atoms with van der Waals surface area (Å²) in [6, 6.07) is 9.38. The Labute approximate surface area is 130 Å².